The van der Waals surface area contributed by atoms with Crippen LogP contribution >= 0.6 is 11.6 Å². The molecule has 0 spiro atoms. The number of rotatable bonds is 6. The molecule has 0 aromatic carbocycles. The highest BCUT2D eigenvalue weighted by Crippen LogP contribution is 2.31. The van der Waals surface area contributed by atoms with Gasteiger partial charge in [0, 0.05) is 25.3 Å². The lowest BCUT2D eigenvalue weighted by atomic mass is 10.2. The molecule has 20 heavy (non-hydrogen) atoms. The molecule has 2 rings (SSSR count). The molecule has 5 heteroatoms. The summed E-state index contributed by atoms with van der Waals surface area (Å²) in [4.78, 5) is 18.7. The zero-order chi connectivity index (χ0) is 14.7. The topological polar surface area (TPSA) is 45.2 Å². The first-order chi connectivity index (χ1) is 9.52. The van der Waals surface area contributed by atoms with Gasteiger partial charge in [-0.3, -0.25) is 4.79 Å². The second-order valence-corrected chi connectivity index (χ2v) is 5.99. The number of nitrogens with one attached hydrogen (secondary N) is 1. The van der Waals surface area contributed by atoms with Crippen LogP contribution in [0.15, 0.2) is 12.3 Å². The predicted octanol–water partition coefficient (Wildman–Crippen LogP) is 3.43. The predicted molar refractivity (Wildman–Crippen MR) is 82.3 cm³/mol. The molecule has 0 unspecified atom stereocenters. The van der Waals surface area contributed by atoms with Crippen molar-refractivity contribution >= 4 is 23.3 Å². The molecule has 1 N–H and O–H groups in total. The van der Waals surface area contributed by atoms with E-state index in [9.17, 15) is 4.79 Å². The Labute approximate surface area is 125 Å². The Morgan fingerprint density at radius 2 is 2.25 bits per heavy atom. The third kappa shape index (κ3) is 3.63. The first-order valence-electron chi connectivity index (χ1n) is 7.23. The number of anilines is 1. The van der Waals surface area contributed by atoms with E-state index < -0.39 is 0 Å². The Morgan fingerprint density at radius 3 is 2.75 bits per heavy atom. The Hall–Kier alpha value is -1.29. The van der Waals surface area contributed by atoms with E-state index in [0.29, 0.717) is 22.3 Å². The van der Waals surface area contributed by atoms with E-state index in [-0.39, 0.29) is 11.9 Å². The Balaban J connectivity index is 2.15. The van der Waals surface area contributed by atoms with Crippen molar-refractivity contribution in [3.8, 4) is 0 Å². The lowest BCUT2D eigenvalue weighted by molar-refractivity contribution is 0.0696. The number of hydrogen-bond acceptors (Lipinski definition) is 3. The number of amides is 1. The number of aromatic nitrogens is 1. The van der Waals surface area contributed by atoms with E-state index in [1.807, 2.05) is 25.7 Å². The summed E-state index contributed by atoms with van der Waals surface area (Å²) in [6.45, 7) is 7.65. The van der Waals surface area contributed by atoms with Crippen LogP contribution < -0.4 is 5.32 Å². The fourth-order valence-corrected chi connectivity index (χ4v) is 2.36. The van der Waals surface area contributed by atoms with Crippen molar-refractivity contribution in [2.75, 3.05) is 18.4 Å². The zero-order valence-corrected chi connectivity index (χ0v) is 13.1. The van der Waals surface area contributed by atoms with Crippen molar-refractivity contribution in [1.82, 2.24) is 9.88 Å². The number of nitrogens with zero attached hydrogens (tertiary/aromatic N) is 2. The first-order valence-corrected chi connectivity index (χ1v) is 7.61. The van der Waals surface area contributed by atoms with Gasteiger partial charge in [-0.05, 0) is 45.6 Å². The summed E-state index contributed by atoms with van der Waals surface area (Å²) in [5.74, 6) is 1.32. The first kappa shape index (κ1) is 15.1. The quantitative estimate of drug-likeness (QED) is 0.874. The summed E-state index contributed by atoms with van der Waals surface area (Å²) in [7, 11) is 0. The molecule has 1 aliphatic rings. The van der Waals surface area contributed by atoms with E-state index in [4.69, 9.17) is 11.6 Å². The summed E-state index contributed by atoms with van der Waals surface area (Å²) < 4.78 is 0. The van der Waals surface area contributed by atoms with Gasteiger partial charge < -0.3 is 10.2 Å². The molecule has 1 saturated carbocycles. The van der Waals surface area contributed by atoms with E-state index in [0.717, 1.165) is 13.1 Å². The van der Waals surface area contributed by atoms with Crippen LogP contribution in [0.3, 0.4) is 0 Å². The van der Waals surface area contributed by atoms with Crippen LogP contribution in [0.5, 0.6) is 0 Å². The van der Waals surface area contributed by atoms with Crippen LogP contribution in [0.1, 0.15) is 44.0 Å². The summed E-state index contributed by atoms with van der Waals surface area (Å²) in [5, 5.41) is 3.56. The van der Waals surface area contributed by atoms with Crippen molar-refractivity contribution < 1.29 is 4.79 Å². The van der Waals surface area contributed by atoms with Gasteiger partial charge in [0.1, 0.15) is 5.82 Å². The highest BCUT2D eigenvalue weighted by molar-refractivity contribution is 6.33. The van der Waals surface area contributed by atoms with Gasteiger partial charge in [0.2, 0.25) is 0 Å². The fourth-order valence-electron chi connectivity index (χ4n) is 2.13. The van der Waals surface area contributed by atoms with Gasteiger partial charge in [-0.2, -0.15) is 0 Å². The molecule has 1 amide bonds. The van der Waals surface area contributed by atoms with Gasteiger partial charge in [-0.1, -0.05) is 11.6 Å². The number of hydrogen-bond donors (Lipinski definition) is 1. The van der Waals surface area contributed by atoms with Crippen LogP contribution in [-0.4, -0.2) is 34.9 Å². The highest BCUT2D eigenvalue weighted by Gasteiger charge is 2.29. The fraction of sp³-hybridized carbons (Fsp3) is 0.600. The van der Waals surface area contributed by atoms with Crippen molar-refractivity contribution in [3.63, 3.8) is 0 Å². The number of carbonyl (C=O) groups is 1. The average molecular weight is 296 g/mol. The molecule has 1 heterocycles. The van der Waals surface area contributed by atoms with E-state index >= 15 is 0 Å². The lowest BCUT2D eigenvalue weighted by Gasteiger charge is -2.27. The van der Waals surface area contributed by atoms with Crippen LogP contribution in [-0.2, 0) is 0 Å². The van der Waals surface area contributed by atoms with Gasteiger partial charge in [0.15, 0.2) is 0 Å². The van der Waals surface area contributed by atoms with Crippen LogP contribution in [0, 0.1) is 5.92 Å². The summed E-state index contributed by atoms with van der Waals surface area (Å²) in [6, 6.07) is 1.90. The van der Waals surface area contributed by atoms with E-state index in [1.165, 1.54) is 12.8 Å². The largest absolute Gasteiger partial charge is 0.369 e. The molecule has 0 radical (unpaired) electrons. The molecule has 1 aromatic rings. The van der Waals surface area contributed by atoms with Gasteiger partial charge in [0.25, 0.3) is 5.91 Å². The van der Waals surface area contributed by atoms with Crippen molar-refractivity contribution in [1.29, 1.82) is 0 Å². The molecule has 110 valence electrons. The smallest absolute Gasteiger partial charge is 0.255 e. The third-order valence-corrected chi connectivity index (χ3v) is 3.76. The standard InChI is InChI=1S/C15H22ClN3O/c1-4-17-14-13(16)7-12(8-18-14)15(20)19(10(2)3)9-11-5-6-11/h7-8,10-11H,4-6,9H2,1-3H3,(H,17,18). The van der Waals surface area contributed by atoms with Crippen molar-refractivity contribution in [3.05, 3.63) is 22.8 Å². The number of halogens is 1. The Morgan fingerprint density at radius 1 is 1.55 bits per heavy atom. The molecular weight excluding hydrogens is 274 g/mol. The van der Waals surface area contributed by atoms with Gasteiger partial charge in [0.05, 0.1) is 10.6 Å². The molecular formula is C15H22ClN3O. The third-order valence-electron chi connectivity index (χ3n) is 3.47. The average Bonchev–Trinajstić information content (AvgIpc) is 3.21. The molecule has 1 aliphatic carbocycles. The van der Waals surface area contributed by atoms with E-state index in [1.54, 1.807) is 12.3 Å². The van der Waals surface area contributed by atoms with Gasteiger partial charge in [-0.15, -0.1) is 0 Å². The Kier molecular flexibility index (Phi) is 4.86. The van der Waals surface area contributed by atoms with Gasteiger partial charge >= 0.3 is 0 Å². The maximum Gasteiger partial charge on any atom is 0.255 e. The molecule has 1 fully saturated rings. The van der Waals surface area contributed by atoms with Crippen LogP contribution in [0.4, 0.5) is 5.82 Å². The molecule has 0 atom stereocenters. The Bertz CT molecular complexity index is 486. The molecule has 0 aliphatic heterocycles. The highest BCUT2D eigenvalue weighted by atomic mass is 35.5. The van der Waals surface area contributed by atoms with Crippen molar-refractivity contribution in [2.24, 2.45) is 5.92 Å². The monoisotopic (exact) mass is 295 g/mol. The van der Waals surface area contributed by atoms with E-state index in [2.05, 4.69) is 10.3 Å². The summed E-state index contributed by atoms with van der Waals surface area (Å²) in [5.41, 5.74) is 0.561. The minimum Gasteiger partial charge on any atom is -0.369 e. The minimum absolute atomic E-state index is 0.0179. The second-order valence-electron chi connectivity index (χ2n) is 5.58. The van der Waals surface area contributed by atoms with Crippen LogP contribution in [0.2, 0.25) is 5.02 Å². The summed E-state index contributed by atoms with van der Waals surface area (Å²) in [6.07, 6.45) is 4.07. The zero-order valence-electron chi connectivity index (χ0n) is 12.3. The minimum atomic E-state index is 0.0179. The second kappa shape index (κ2) is 6.44. The SMILES string of the molecule is CCNc1ncc(C(=O)N(CC2CC2)C(C)C)cc1Cl. The molecule has 1 aromatic heterocycles. The maximum atomic E-state index is 12.6. The molecule has 0 saturated heterocycles. The van der Waals surface area contributed by atoms with Crippen LogP contribution in [0.25, 0.3) is 0 Å². The molecule has 4 nitrogen and oxygen atoms in total. The number of pyridine rings is 1. The normalized spacial score (nSPS) is 14.4. The lowest BCUT2D eigenvalue weighted by Crippen LogP contribution is -2.38. The number of carbonyl (C=O) groups excluding carboxylic acids is 1. The molecule has 0 bridgehead atoms. The van der Waals surface area contributed by atoms with Gasteiger partial charge in [-0.25, -0.2) is 4.98 Å². The summed E-state index contributed by atoms with van der Waals surface area (Å²) >= 11 is 6.16. The van der Waals surface area contributed by atoms with Crippen molar-refractivity contribution in [2.45, 2.75) is 39.7 Å². The maximum absolute atomic E-state index is 12.6.